The van der Waals surface area contributed by atoms with Crippen molar-refractivity contribution in [3.63, 3.8) is 0 Å². The minimum Gasteiger partial charge on any atom is -0.496 e. The Balaban J connectivity index is 1.88. The molecule has 0 bridgehead atoms. The lowest BCUT2D eigenvalue weighted by Crippen LogP contribution is -2.47. The number of likely N-dealkylation sites (tertiary alicyclic amines) is 1. The molecule has 3 rings (SSSR count). The summed E-state index contributed by atoms with van der Waals surface area (Å²) in [4.78, 5) is 29.5. The van der Waals surface area contributed by atoms with E-state index in [0.717, 1.165) is 12.0 Å². The number of alkyl halides is 1. The topological polar surface area (TPSA) is 73.6 Å². The van der Waals surface area contributed by atoms with Crippen molar-refractivity contribution in [3.8, 4) is 11.8 Å². The lowest BCUT2D eigenvalue weighted by molar-refractivity contribution is -0.132. The summed E-state index contributed by atoms with van der Waals surface area (Å²) in [6.07, 6.45) is 1.41. The molecule has 2 aromatic carbocycles. The molecule has 0 radical (unpaired) electrons. The van der Waals surface area contributed by atoms with Crippen LogP contribution in [0.1, 0.15) is 28.8 Å². The molecule has 0 saturated carbocycles. The van der Waals surface area contributed by atoms with Crippen molar-refractivity contribution in [1.82, 2.24) is 9.80 Å². The Labute approximate surface area is 184 Å². The SMILES string of the molecule is COc1ccccc1C(=O)N(CC(=O)N1CCC[C@]1(I)C#N)Cc1ccccc1. The maximum Gasteiger partial charge on any atom is 0.258 e. The molecular weight excluding hydrogens is 481 g/mol. The number of benzene rings is 2. The van der Waals surface area contributed by atoms with Gasteiger partial charge in [0.05, 0.1) is 12.7 Å². The van der Waals surface area contributed by atoms with Gasteiger partial charge in [0.25, 0.3) is 5.91 Å². The second-order valence-electron chi connectivity index (χ2n) is 6.87. The van der Waals surface area contributed by atoms with E-state index in [-0.39, 0.29) is 24.9 Å². The fraction of sp³-hybridized carbons (Fsp3) is 0.318. The van der Waals surface area contributed by atoms with Crippen LogP contribution in [-0.2, 0) is 11.3 Å². The predicted molar refractivity (Wildman–Crippen MR) is 117 cm³/mol. The molecule has 1 heterocycles. The molecule has 1 fully saturated rings. The molecule has 2 amide bonds. The Morgan fingerprint density at radius 1 is 1.21 bits per heavy atom. The number of halogens is 1. The monoisotopic (exact) mass is 503 g/mol. The lowest BCUT2D eigenvalue weighted by atomic mass is 10.1. The van der Waals surface area contributed by atoms with Gasteiger partial charge in [-0.05, 0) is 53.1 Å². The zero-order valence-electron chi connectivity index (χ0n) is 16.2. The first-order valence-corrected chi connectivity index (χ1v) is 10.4. The number of ether oxygens (including phenoxy) is 1. The van der Waals surface area contributed by atoms with E-state index in [4.69, 9.17) is 4.74 Å². The molecule has 0 N–H and O–H groups in total. The van der Waals surface area contributed by atoms with Gasteiger partial charge < -0.3 is 14.5 Å². The van der Waals surface area contributed by atoms with Crippen LogP contribution in [0, 0.1) is 11.3 Å². The lowest BCUT2D eigenvalue weighted by Gasteiger charge is -2.30. The number of hydrogen-bond donors (Lipinski definition) is 0. The first-order valence-electron chi connectivity index (χ1n) is 9.35. The molecule has 0 aromatic heterocycles. The van der Waals surface area contributed by atoms with Gasteiger partial charge in [-0.2, -0.15) is 5.26 Å². The van der Waals surface area contributed by atoms with Gasteiger partial charge in [-0.15, -0.1) is 0 Å². The Hall–Kier alpha value is -2.60. The van der Waals surface area contributed by atoms with Crippen LogP contribution >= 0.6 is 22.6 Å². The van der Waals surface area contributed by atoms with Gasteiger partial charge in [0, 0.05) is 13.1 Å². The van der Waals surface area contributed by atoms with Gasteiger partial charge in [-0.25, -0.2) is 0 Å². The maximum atomic E-state index is 13.3. The van der Waals surface area contributed by atoms with Crippen LogP contribution in [0.2, 0.25) is 0 Å². The summed E-state index contributed by atoms with van der Waals surface area (Å²) in [5, 5.41) is 9.52. The highest BCUT2D eigenvalue weighted by atomic mass is 127. The summed E-state index contributed by atoms with van der Waals surface area (Å²) >= 11 is 2.04. The van der Waals surface area contributed by atoms with Crippen molar-refractivity contribution in [3.05, 3.63) is 65.7 Å². The Morgan fingerprint density at radius 2 is 1.90 bits per heavy atom. The van der Waals surface area contributed by atoms with Crippen LogP contribution in [0.3, 0.4) is 0 Å². The zero-order valence-corrected chi connectivity index (χ0v) is 18.3. The van der Waals surface area contributed by atoms with Gasteiger partial charge in [0.15, 0.2) is 3.55 Å². The number of amides is 2. The summed E-state index contributed by atoms with van der Waals surface area (Å²) in [5.41, 5.74) is 1.33. The van der Waals surface area contributed by atoms with Crippen molar-refractivity contribution in [2.24, 2.45) is 0 Å². The van der Waals surface area contributed by atoms with Gasteiger partial charge in [-0.3, -0.25) is 9.59 Å². The number of rotatable bonds is 6. The molecule has 29 heavy (non-hydrogen) atoms. The van der Waals surface area contributed by atoms with Crippen LogP contribution in [0.25, 0.3) is 0 Å². The minimum atomic E-state index is -0.846. The number of nitriles is 1. The molecule has 1 aliphatic heterocycles. The fourth-order valence-electron chi connectivity index (χ4n) is 3.47. The number of nitrogens with zero attached hydrogens (tertiary/aromatic N) is 3. The van der Waals surface area contributed by atoms with Crippen molar-refractivity contribution in [2.75, 3.05) is 20.2 Å². The summed E-state index contributed by atoms with van der Waals surface area (Å²) in [7, 11) is 1.51. The van der Waals surface area contributed by atoms with Crippen molar-refractivity contribution < 1.29 is 14.3 Å². The molecule has 1 aliphatic rings. The average Bonchev–Trinajstić information content (AvgIpc) is 3.15. The molecule has 2 aromatic rings. The number of methoxy groups -OCH3 is 1. The van der Waals surface area contributed by atoms with Crippen LogP contribution < -0.4 is 4.74 Å². The van der Waals surface area contributed by atoms with Crippen molar-refractivity contribution in [2.45, 2.75) is 22.9 Å². The standard InChI is InChI=1S/C22H22IN3O3/c1-29-19-11-6-5-10-18(19)21(28)25(14-17-8-3-2-4-9-17)15-20(27)26-13-7-12-22(26,23)16-24/h2-6,8-11H,7,12-15H2,1H3/t22-/m1/s1. The van der Waals surface area contributed by atoms with Gasteiger partial charge in [0.2, 0.25) is 5.91 Å². The highest BCUT2D eigenvalue weighted by molar-refractivity contribution is 14.1. The first kappa shape index (κ1) is 21.1. The summed E-state index contributed by atoms with van der Waals surface area (Å²) in [5.74, 6) is -0.0445. The smallest absolute Gasteiger partial charge is 0.258 e. The first-order chi connectivity index (χ1) is 14.0. The predicted octanol–water partition coefficient (Wildman–Crippen LogP) is 3.61. The third kappa shape index (κ3) is 4.70. The van der Waals surface area contributed by atoms with E-state index >= 15 is 0 Å². The Kier molecular flexibility index (Phi) is 6.75. The van der Waals surface area contributed by atoms with E-state index in [1.807, 2.05) is 52.9 Å². The molecule has 150 valence electrons. The largest absolute Gasteiger partial charge is 0.496 e. The zero-order chi connectivity index (χ0) is 20.9. The van der Waals surface area contributed by atoms with Gasteiger partial charge in [-0.1, -0.05) is 42.5 Å². The Morgan fingerprint density at radius 3 is 2.59 bits per heavy atom. The summed E-state index contributed by atoms with van der Waals surface area (Å²) in [6, 6.07) is 18.8. The third-order valence-corrected chi connectivity index (χ3v) is 6.32. The Bertz CT molecular complexity index is 928. The van der Waals surface area contributed by atoms with Crippen LogP contribution in [-0.4, -0.2) is 45.4 Å². The number of carbonyl (C=O) groups excluding carboxylic acids is 2. The van der Waals surface area contributed by atoms with E-state index in [0.29, 0.717) is 24.3 Å². The molecule has 1 atom stereocenters. The summed E-state index contributed by atoms with van der Waals surface area (Å²) < 4.78 is 4.49. The fourth-order valence-corrected chi connectivity index (χ4v) is 4.36. The van der Waals surface area contributed by atoms with E-state index < -0.39 is 3.55 Å². The van der Waals surface area contributed by atoms with Gasteiger partial charge >= 0.3 is 0 Å². The quantitative estimate of drug-likeness (QED) is 0.343. The second kappa shape index (κ2) is 9.27. The van der Waals surface area contributed by atoms with Crippen molar-refractivity contribution in [1.29, 1.82) is 5.26 Å². The molecule has 0 spiro atoms. The minimum absolute atomic E-state index is 0.0990. The molecule has 6 nitrogen and oxygen atoms in total. The van der Waals surface area contributed by atoms with Crippen LogP contribution in [0.15, 0.2) is 54.6 Å². The second-order valence-corrected chi connectivity index (χ2v) is 8.65. The van der Waals surface area contributed by atoms with Gasteiger partial charge in [0.1, 0.15) is 18.4 Å². The highest BCUT2D eigenvalue weighted by Crippen LogP contribution is 2.35. The third-order valence-electron chi connectivity index (χ3n) is 4.96. The molecule has 7 heteroatoms. The highest BCUT2D eigenvalue weighted by Gasteiger charge is 2.42. The van der Waals surface area contributed by atoms with E-state index in [2.05, 4.69) is 6.07 Å². The average molecular weight is 503 g/mol. The van der Waals surface area contributed by atoms with Crippen molar-refractivity contribution >= 4 is 34.4 Å². The molecular formula is C22H22IN3O3. The van der Waals surface area contributed by atoms with E-state index in [9.17, 15) is 14.9 Å². The number of para-hydroxylation sites is 1. The number of carbonyl (C=O) groups is 2. The van der Waals surface area contributed by atoms with Crippen LogP contribution in [0.5, 0.6) is 5.75 Å². The van der Waals surface area contributed by atoms with E-state index in [1.165, 1.54) is 12.0 Å². The van der Waals surface area contributed by atoms with E-state index in [1.54, 1.807) is 29.2 Å². The van der Waals surface area contributed by atoms with Crippen LogP contribution in [0.4, 0.5) is 0 Å². The normalized spacial score (nSPS) is 18.2. The molecule has 1 saturated heterocycles. The molecule has 0 unspecified atom stereocenters. The number of hydrogen-bond acceptors (Lipinski definition) is 4. The maximum absolute atomic E-state index is 13.3. The molecule has 0 aliphatic carbocycles. The summed E-state index contributed by atoms with van der Waals surface area (Å²) in [6.45, 7) is 0.716.